The van der Waals surface area contributed by atoms with Gasteiger partial charge in [-0.15, -0.1) is 0 Å². The van der Waals surface area contributed by atoms with Crippen LogP contribution in [0.25, 0.3) is 0 Å². The van der Waals surface area contributed by atoms with Crippen molar-refractivity contribution in [1.82, 2.24) is 5.32 Å². The molecule has 0 atom stereocenters. The first-order valence-electron chi connectivity index (χ1n) is 5.15. The number of amides is 1. The van der Waals surface area contributed by atoms with Crippen molar-refractivity contribution < 1.29 is 4.79 Å². The molecule has 0 radical (unpaired) electrons. The van der Waals surface area contributed by atoms with Gasteiger partial charge in [-0.2, -0.15) is 0 Å². The molecule has 3 saturated carbocycles. The van der Waals surface area contributed by atoms with Gasteiger partial charge in [-0.05, 0) is 37.3 Å². The molecule has 2 nitrogen and oxygen atoms in total. The Bertz CT molecular complexity index is 354. The molecule has 0 saturated heterocycles. The number of carbonyl (C=O) groups is 1. The average molecular weight is 187 g/mol. The van der Waals surface area contributed by atoms with E-state index in [9.17, 15) is 4.79 Å². The van der Waals surface area contributed by atoms with Gasteiger partial charge in [0.15, 0.2) is 0 Å². The Hall–Kier alpha value is -1.31. The lowest BCUT2D eigenvalue weighted by Crippen LogP contribution is -2.68. The highest BCUT2D eigenvalue weighted by Crippen LogP contribution is 2.56. The Morgan fingerprint density at radius 2 is 1.86 bits per heavy atom. The third-order valence-corrected chi connectivity index (χ3v) is 3.45. The van der Waals surface area contributed by atoms with Gasteiger partial charge in [0.1, 0.15) is 0 Å². The van der Waals surface area contributed by atoms with E-state index in [4.69, 9.17) is 0 Å². The van der Waals surface area contributed by atoms with Crippen LogP contribution < -0.4 is 5.32 Å². The summed E-state index contributed by atoms with van der Waals surface area (Å²) in [6.07, 6.45) is 3.60. The van der Waals surface area contributed by atoms with Gasteiger partial charge in [-0.25, -0.2) is 0 Å². The van der Waals surface area contributed by atoms with E-state index in [1.54, 1.807) is 0 Å². The summed E-state index contributed by atoms with van der Waals surface area (Å²) in [7, 11) is 0. The molecular formula is C12H13NO. The van der Waals surface area contributed by atoms with E-state index >= 15 is 0 Å². The lowest BCUT2D eigenvalue weighted by molar-refractivity contribution is -0.0438. The first kappa shape index (κ1) is 8.04. The molecule has 4 rings (SSSR count). The highest BCUT2D eigenvalue weighted by atomic mass is 16.1. The molecule has 3 aliphatic carbocycles. The molecule has 1 aromatic carbocycles. The summed E-state index contributed by atoms with van der Waals surface area (Å²) in [6, 6.07) is 9.45. The Labute approximate surface area is 83.3 Å². The molecule has 0 spiro atoms. The normalized spacial score (nSPS) is 32.7. The number of hydrogen-bond acceptors (Lipinski definition) is 1. The van der Waals surface area contributed by atoms with E-state index in [0.717, 1.165) is 11.5 Å². The lowest BCUT2D eigenvalue weighted by Gasteiger charge is -2.61. The summed E-state index contributed by atoms with van der Waals surface area (Å²) in [5.41, 5.74) is 0.967. The third kappa shape index (κ3) is 1.07. The van der Waals surface area contributed by atoms with Crippen molar-refractivity contribution in [3.8, 4) is 0 Å². The van der Waals surface area contributed by atoms with Gasteiger partial charge in [-0.3, -0.25) is 4.79 Å². The smallest absolute Gasteiger partial charge is 0.251 e. The number of carbonyl (C=O) groups excluding carboxylic acids is 1. The van der Waals surface area contributed by atoms with Crippen LogP contribution >= 0.6 is 0 Å². The summed E-state index contributed by atoms with van der Waals surface area (Å²) < 4.78 is 0. The van der Waals surface area contributed by atoms with Crippen molar-refractivity contribution >= 4 is 5.91 Å². The number of benzene rings is 1. The maximum Gasteiger partial charge on any atom is 0.251 e. The highest BCUT2D eigenvalue weighted by Gasteiger charge is 2.57. The number of nitrogens with one attached hydrogen (secondary N) is 1. The van der Waals surface area contributed by atoms with Crippen LogP contribution in [-0.2, 0) is 0 Å². The molecule has 2 heteroatoms. The second-order valence-corrected chi connectivity index (χ2v) is 4.58. The number of rotatable bonds is 2. The minimum atomic E-state index is 0.0868. The molecule has 1 aromatic rings. The zero-order chi connectivity index (χ0) is 9.60. The SMILES string of the molecule is O=C(NC12CC(C1)C2)c1ccccc1. The average Bonchev–Trinajstić information content (AvgIpc) is 2.10. The zero-order valence-corrected chi connectivity index (χ0v) is 7.99. The van der Waals surface area contributed by atoms with Crippen molar-refractivity contribution in [3.63, 3.8) is 0 Å². The van der Waals surface area contributed by atoms with Gasteiger partial charge in [-0.1, -0.05) is 18.2 Å². The van der Waals surface area contributed by atoms with Crippen LogP contribution in [-0.4, -0.2) is 11.4 Å². The molecule has 2 bridgehead atoms. The molecule has 72 valence electrons. The molecule has 3 fully saturated rings. The monoisotopic (exact) mass is 187 g/mol. The van der Waals surface area contributed by atoms with Gasteiger partial charge in [0.2, 0.25) is 0 Å². The van der Waals surface area contributed by atoms with Gasteiger partial charge < -0.3 is 5.32 Å². The topological polar surface area (TPSA) is 29.1 Å². The summed E-state index contributed by atoms with van der Waals surface area (Å²) in [5, 5.41) is 3.14. The van der Waals surface area contributed by atoms with E-state index in [-0.39, 0.29) is 11.4 Å². The first-order valence-corrected chi connectivity index (χ1v) is 5.15. The highest BCUT2D eigenvalue weighted by molar-refractivity contribution is 5.94. The van der Waals surface area contributed by atoms with Gasteiger partial charge in [0.25, 0.3) is 5.91 Å². The predicted molar refractivity (Wildman–Crippen MR) is 54.0 cm³/mol. The maximum absolute atomic E-state index is 11.8. The molecule has 1 N–H and O–H groups in total. The van der Waals surface area contributed by atoms with E-state index < -0.39 is 0 Å². The van der Waals surface area contributed by atoms with E-state index in [2.05, 4.69) is 5.32 Å². The second-order valence-electron chi connectivity index (χ2n) is 4.58. The largest absolute Gasteiger partial charge is 0.347 e. The number of hydrogen-bond donors (Lipinski definition) is 1. The molecule has 0 aliphatic heterocycles. The van der Waals surface area contributed by atoms with E-state index in [1.807, 2.05) is 30.3 Å². The fourth-order valence-electron chi connectivity index (χ4n) is 2.53. The Kier molecular flexibility index (Phi) is 1.49. The summed E-state index contributed by atoms with van der Waals surface area (Å²) >= 11 is 0. The van der Waals surface area contributed by atoms with Crippen molar-refractivity contribution in [2.24, 2.45) is 5.92 Å². The van der Waals surface area contributed by atoms with Crippen molar-refractivity contribution in [2.45, 2.75) is 24.8 Å². The van der Waals surface area contributed by atoms with Crippen molar-refractivity contribution in [1.29, 1.82) is 0 Å². The van der Waals surface area contributed by atoms with Crippen molar-refractivity contribution in [3.05, 3.63) is 35.9 Å². The van der Waals surface area contributed by atoms with Crippen molar-refractivity contribution in [2.75, 3.05) is 0 Å². The van der Waals surface area contributed by atoms with E-state index in [0.29, 0.717) is 0 Å². The van der Waals surface area contributed by atoms with Crippen LogP contribution in [0.15, 0.2) is 30.3 Å². The van der Waals surface area contributed by atoms with Crippen LogP contribution in [0.1, 0.15) is 29.6 Å². The van der Waals surface area contributed by atoms with Crippen LogP contribution in [0.4, 0.5) is 0 Å². The van der Waals surface area contributed by atoms with Gasteiger partial charge in [0, 0.05) is 11.1 Å². The predicted octanol–water partition coefficient (Wildman–Crippen LogP) is 1.97. The zero-order valence-electron chi connectivity index (χ0n) is 7.99. The lowest BCUT2D eigenvalue weighted by atomic mass is 9.50. The summed E-state index contributed by atoms with van der Waals surface area (Å²) in [6.45, 7) is 0. The molecule has 1 amide bonds. The minimum Gasteiger partial charge on any atom is -0.347 e. The Morgan fingerprint density at radius 1 is 1.21 bits per heavy atom. The Balaban J connectivity index is 1.71. The first-order chi connectivity index (χ1) is 6.77. The molecule has 0 heterocycles. The van der Waals surface area contributed by atoms with Crippen LogP contribution in [0, 0.1) is 5.92 Å². The molecular weight excluding hydrogens is 174 g/mol. The van der Waals surface area contributed by atoms with Gasteiger partial charge in [0.05, 0.1) is 0 Å². The third-order valence-electron chi connectivity index (χ3n) is 3.45. The van der Waals surface area contributed by atoms with Crippen LogP contribution in [0.3, 0.4) is 0 Å². The fourth-order valence-corrected chi connectivity index (χ4v) is 2.53. The van der Waals surface area contributed by atoms with Gasteiger partial charge >= 0.3 is 0 Å². The van der Waals surface area contributed by atoms with E-state index in [1.165, 1.54) is 19.3 Å². The molecule has 14 heavy (non-hydrogen) atoms. The molecule has 0 aromatic heterocycles. The van der Waals surface area contributed by atoms with Crippen LogP contribution in [0.2, 0.25) is 0 Å². The Morgan fingerprint density at radius 3 is 2.36 bits per heavy atom. The summed E-state index contributed by atoms with van der Waals surface area (Å²) in [4.78, 5) is 11.8. The fraction of sp³-hybridized carbons (Fsp3) is 0.417. The second kappa shape index (κ2) is 2.59. The van der Waals surface area contributed by atoms with Crippen LogP contribution in [0.5, 0.6) is 0 Å². The maximum atomic E-state index is 11.8. The quantitative estimate of drug-likeness (QED) is 0.753. The minimum absolute atomic E-state index is 0.0868. The summed E-state index contributed by atoms with van der Waals surface area (Å²) in [5.74, 6) is 0.995. The molecule has 3 aliphatic rings. The molecule has 0 unspecified atom stereocenters. The standard InChI is InChI=1S/C12H13NO/c14-11(10-4-2-1-3-5-10)13-12-6-9(7-12)8-12/h1-5,9H,6-8H2,(H,13,14).